The van der Waals surface area contributed by atoms with Crippen molar-refractivity contribution in [3.63, 3.8) is 0 Å². The lowest BCUT2D eigenvalue weighted by Gasteiger charge is -2.20. The smallest absolute Gasteiger partial charge is 0.224 e. The van der Waals surface area contributed by atoms with Crippen molar-refractivity contribution in [1.29, 1.82) is 0 Å². The lowest BCUT2D eigenvalue weighted by Crippen LogP contribution is -2.28. The summed E-state index contributed by atoms with van der Waals surface area (Å²) in [4.78, 5) is 12.2. The van der Waals surface area contributed by atoms with E-state index in [0.717, 1.165) is 0 Å². The van der Waals surface area contributed by atoms with Crippen LogP contribution in [0, 0.1) is 5.92 Å². The number of hydrogen-bond acceptors (Lipinski definition) is 8. The number of aromatic nitrogens is 4. The molecule has 0 radical (unpaired) electrons. The fourth-order valence-corrected chi connectivity index (χ4v) is 2.63. The predicted molar refractivity (Wildman–Crippen MR) is 70.6 cm³/mol. The van der Waals surface area contributed by atoms with E-state index < -0.39 is 6.10 Å². The van der Waals surface area contributed by atoms with E-state index in [0.29, 0.717) is 17.8 Å². The van der Waals surface area contributed by atoms with Crippen molar-refractivity contribution >= 4 is 22.9 Å². The number of rotatable bonds is 3. The van der Waals surface area contributed by atoms with Crippen LogP contribution >= 0.6 is 0 Å². The van der Waals surface area contributed by atoms with E-state index in [1.165, 1.54) is 0 Å². The maximum atomic E-state index is 9.51. The lowest BCUT2D eigenvalue weighted by molar-refractivity contribution is 0.0268. The topological polar surface area (TPSA) is 145 Å². The van der Waals surface area contributed by atoms with E-state index in [2.05, 4.69) is 15.0 Å². The van der Waals surface area contributed by atoms with E-state index in [9.17, 15) is 10.2 Å². The largest absolute Gasteiger partial charge is 0.396 e. The normalized spacial score (nSPS) is 26.4. The van der Waals surface area contributed by atoms with Gasteiger partial charge in [-0.2, -0.15) is 9.97 Å². The van der Waals surface area contributed by atoms with Crippen LogP contribution < -0.4 is 11.5 Å². The number of imidazole rings is 1. The summed E-state index contributed by atoms with van der Waals surface area (Å²) in [5, 5.41) is 18.8. The van der Waals surface area contributed by atoms with Gasteiger partial charge >= 0.3 is 0 Å². The number of hydrogen-bond donors (Lipinski definition) is 4. The Hall–Kier alpha value is -1.97. The second kappa shape index (κ2) is 4.85. The van der Waals surface area contributed by atoms with E-state index in [4.69, 9.17) is 16.2 Å². The molecule has 1 fully saturated rings. The van der Waals surface area contributed by atoms with Crippen LogP contribution in [0.1, 0.15) is 6.04 Å². The molecule has 20 heavy (non-hydrogen) atoms. The molecular formula is C11H16N6O3. The minimum Gasteiger partial charge on any atom is -0.396 e. The fourth-order valence-electron chi connectivity index (χ4n) is 2.63. The summed E-state index contributed by atoms with van der Waals surface area (Å²) < 4.78 is 7.25. The van der Waals surface area contributed by atoms with Crippen molar-refractivity contribution in [2.75, 3.05) is 31.3 Å². The Labute approximate surface area is 114 Å². The molecule has 0 amide bonds. The molecule has 1 aliphatic heterocycles. The van der Waals surface area contributed by atoms with Crippen molar-refractivity contribution < 1.29 is 14.9 Å². The van der Waals surface area contributed by atoms with Crippen molar-refractivity contribution in [3.05, 3.63) is 6.33 Å². The van der Waals surface area contributed by atoms with Crippen LogP contribution in [0.15, 0.2) is 6.33 Å². The summed E-state index contributed by atoms with van der Waals surface area (Å²) >= 11 is 0. The van der Waals surface area contributed by atoms with E-state index in [1.54, 1.807) is 10.9 Å². The highest BCUT2D eigenvalue weighted by Crippen LogP contribution is 2.33. The third-order valence-corrected chi connectivity index (χ3v) is 3.67. The number of nitrogens with two attached hydrogens (primary N) is 2. The standard InChI is InChI=1S/C11H16N6O3/c12-9-8-10(16-11(13)15-9)17(4-14-8)6-3-20-7(2-19)5(6)1-18/h4-7,18-19H,1-3H2,(H4,12,13,15,16)/t5-,6?,7+/m0/s1. The summed E-state index contributed by atoms with van der Waals surface area (Å²) in [5.74, 6) is 0.0363. The van der Waals surface area contributed by atoms with Gasteiger partial charge in [-0.15, -0.1) is 0 Å². The van der Waals surface area contributed by atoms with Crippen LogP contribution in [0.25, 0.3) is 11.2 Å². The van der Waals surface area contributed by atoms with Crippen LogP contribution in [0.3, 0.4) is 0 Å². The van der Waals surface area contributed by atoms with Gasteiger partial charge in [-0.25, -0.2) is 4.98 Å². The summed E-state index contributed by atoms with van der Waals surface area (Å²) in [5.41, 5.74) is 12.3. The number of fused-ring (bicyclic) bond motifs is 1. The van der Waals surface area contributed by atoms with Crippen molar-refractivity contribution in [2.24, 2.45) is 5.92 Å². The molecule has 3 rings (SSSR count). The number of nitrogen functional groups attached to an aromatic ring is 2. The molecule has 0 bridgehead atoms. The van der Waals surface area contributed by atoms with Crippen molar-refractivity contribution in [2.45, 2.75) is 12.1 Å². The van der Waals surface area contributed by atoms with Gasteiger partial charge in [0.15, 0.2) is 11.5 Å². The molecule has 0 spiro atoms. The molecule has 1 aliphatic rings. The Morgan fingerprint density at radius 3 is 2.80 bits per heavy atom. The summed E-state index contributed by atoms with van der Waals surface area (Å²) in [6.45, 7) is 0.102. The first kappa shape index (κ1) is 13.0. The molecule has 1 saturated heterocycles. The Kier molecular flexibility index (Phi) is 3.16. The Morgan fingerprint density at radius 1 is 1.30 bits per heavy atom. The van der Waals surface area contributed by atoms with Crippen LogP contribution in [0.2, 0.25) is 0 Å². The van der Waals surface area contributed by atoms with Crippen LogP contribution in [0.5, 0.6) is 0 Å². The van der Waals surface area contributed by atoms with Crippen LogP contribution in [0.4, 0.5) is 11.8 Å². The van der Waals surface area contributed by atoms with Gasteiger partial charge in [0.25, 0.3) is 0 Å². The van der Waals surface area contributed by atoms with Gasteiger partial charge in [-0.05, 0) is 0 Å². The highest BCUT2D eigenvalue weighted by Gasteiger charge is 2.38. The van der Waals surface area contributed by atoms with Crippen molar-refractivity contribution in [3.8, 4) is 0 Å². The molecule has 1 unspecified atom stereocenters. The molecule has 3 atom stereocenters. The lowest BCUT2D eigenvalue weighted by atomic mass is 9.98. The molecule has 9 nitrogen and oxygen atoms in total. The van der Waals surface area contributed by atoms with E-state index >= 15 is 0 Å². The first-order chi connectivity index (χ1) is 9.65. The second-order valence-electron chi connectivity index (χ2n) is 4.76. The minimum absolute atomic E-state index is 0.0647. The Morgan fingerprint density at radius 2 is 2.10 bits per heavy atom. The molecule has 0 aliphatic carbocycles. The zero-order valence-electron chi connectivity index (χ0n) is 10.7. The van der Waals surface area contributed by atoms with Gasteiger partial charge in [0, 0.05) is 5.92 Å². The SMILES string of the molecule is Nc1nc(N)c2ncn(C3CO[C@H](CO)[C@H]3CO)c2n1. The number of aliphatic hydroxyl groups excluding tert-OH is 2. The van der Waals surface area contributed by atoms with Crippen LogP contribution in [-0.4, -0.2) is 55.7 Å². The average molecular weight is 280 g/mol. The highest BCUT2D eigenvalue weighted by molar-refractivity contribution is 5.82. The van der Waals surface area contributed by atoms with Gasteiger partial charge in [-0.1, -0.05) is 0 Å². The summed E-state index contributed by atoms with van der Waals surface area (Å²) in [6, 6.07) is -0.184. The quantitative estimate of drug-likeness (QED) is 0.533. The third kappa shape index (κ3) is 1.87. The van der Waals surface area contributed by atoms with Gasteiger partial charge in [0.2, 0.25) is 5.95 Å². The zero-order chi connectivity index (χ0) is 14.3. The molecule has 2 aromatic rings. The van der Waals surface area contributed by atoms with Gasteiger partial charge in [0.1, 0.15) is 5.52 Å². The first-order valence-electron chi connectivity index (χ1n) is 6.24. The number of anilines is 2. The van der Waals surface area contributed by atoms with Gasteiger partial charge in [-0.3, -0.25) is 0 Å². The van der Waals surface area contributed by atoms with Crippen LogP contribution in [-0.2, 0) is 4.74 Å². The number of aliphatic hydroxyl groups is 2. The summed E-state index contributed by atoms with van der Waals surface area (Å²) in [6.07, 6.45) is 1.17. The summed E-state index contributed by atoms with van der Waals surface area (Å²) in [7, 11) is 0. The molecule has 3 heterocycles. The predicted octanol–water partition coefficient (Wildman–Crippen LogP) is -1.47. The minimum atomic E-state index is -0.404. The Bertz CT molecular complexity index is 630. The number of nitrogens with zero attached hydrogens (tertiary/aromatic N) is 4. The molecular weight excluding hydrogens is 264 g/mol. The molecule has 108 valence electrons. The Balaban J connectivity index is 2.06. The van der Waals surface area contributed by atoms with Gasteiger partial charge < -0.3 is 31.0 Å². The highest BCUT2D eigenvalue weighted by atomic mass is 16.5. The molecule has 2 aromatic heterocycles. The molecule has 0 aromatic carbocycles. The average Bonchev–Trinajstić information content (AvgIpc) is 3.00. The fraction of sp³-hybridized carbons (Fsp3) is 0.545. The first-order valence-corrected chi connectivity index (χ1v) is 6.24. The number of ether oxygens (including phenoxy) is 1. The van der Waals surface area contributed by atoms with Gasteiger partial charge in [0.05, 0.1) is 38.3 Å². The molecule has 6 N–H and O–H groups in total. The second-order valence-corrected chi connectivity index (χ2v) is 4.76. The monoisotopic (exact) mass is 280 g/mol. The molecule has 9 heteroatoms. The van der Waals surface area contributed by atoms with E-state index in [1.807, 2.05) is 0 Å². The zero-order valence-corrected chi connectivity index (χ0v) is 10.7. The van der Waals surface area contributed by atoms with E-state index in [-0.39, 0.29) is 36.9 Å². The maximum Gasteiger partial charge on any atom is 0.224 e. The maximum absolute atomic E-state index is 9.51. The molecule has 0 saturated carbocycles. The third-order valence-electron chi connectivity index (χ3n) is 3.67. The van der Waals surface area contributed by atoms with Crippen molar-refractivity contribution in [1.82, 2.24) is 19.5 Å².